The summed E-state index contributed by atoms with van der Waals surface area (Å²) < 4.78 is 93.5. The van der Waals surface area contributed by atoms with Crippen molar-refractivity contribution in [3.63, 3.8) is 0 Å². The molecule has 0 aromatic heterocycles. The van der Waals surface area contributed by atoms with E-state index in [1.165, 1.54) is 0 Å². The van der Waals surface area contributed by atoms with Crippen molar-refractivity contribution in [1.82, 2.24) is 0 Å². The molecule has 0 heterocycles. The number of hydrogen-bond donors (Lipinski definition) is 0. The Hall–Kier alpha value is -11.3. The summed E-state index contributed by atoms with van der Waals surface area (Å²) in [5.41, 5.74) is 17.8. The van der Waals surface area contributed by atoms with E-state index >= 15 is 0 Å². The zero-order chi connectivity index (χ0) is 71.1. The molecule has 0 saturated carbocycles. The number of rotatable bonds is 14. The maximum atomic E-state index is 9.79. The van der Waals surface area contributed by atoms with Gasteiger partial charge < -0.3 is 9.80 Å². The van der Waals surface area contributed by atoms with Crippen LogP contribution in [-0.2, 0) is 29.1 Å². The Labute approximate surface area is 560 Å². The third-order valence-corrected chi connectivity index (χ3v) is 20.2. The molecule has 0 radical (unpaired) electrons. The quantitative estimate of drug-likeness (QED) is 0.107. The molecule has 3 aliphatic carbocycles. The number of anilines is 6. The van der Waals surface area contributed by atoms with Crippen molar-refractivity contribution in [3.8, 4) is 33.4 Å². The summed E-state index contributed by atoms with van der Waals surface area (Å²) in [5, 5.41) is 4.16. The molecule has 0 saturated heterocycles. The third kappa shape index (κ3) is 8.77. The molecule has 93 heavy (non-hydrogen) atoms. The number of nitrogens with zero attached hydrogens (tertiary/aromatic N) is 2. The predicted octanol–water partition coefficient (Wildman–Crippen LogP) is 23.6. The molecule has 0 spiro atoms. The van der Waals surface area contributed by atoms with Crippen LogP contribution in [0.25, 0.3) is 67.1 Å². The topological polar surface area (TPSA) is 6.48 Å². The average molecular weight is 1200 g/mol. The summed E-state index contributed by atoms with van der Waals surface area (Å²) in [6, 6.07) is 85.1. The Morgan fingerprint density at radius 2 is 0.667 bits per heavy atom. The lowest BCUT2D eigenvalue weighted by molar-refractivity contribution is 0.629. The zero-order valence-electron chi connectivity index (χ0n) is 61.6. The highest BCUT2D eigenvalue weighted by atomic mass is 15.2. The van der Waals surface area contributed by atoms with Gasteiger partial charge in [0.05, 0.1) is 35.9 Å². The van der Waals surface area contributed by atoms with Crippen LogP contribution in [0.1, 0.15) is 94.3 Å². The molecule has 0 aliphatic heterocycles. The second kappa shape index (κ2) is 22.0. The molecule has 2 atom stereocenters. The smallest absolute Gasteiger partial charge is 0.0626 e. The van der Waals surface area contributed by atoms with Gasteiger partial charge in [0.1, 0.15) is 0 Å². The third-order valence-electron chi connectivity index (χ3n) is 20.2. The maximum absolute atomic E-state index is 9.79. The van der Waals surface area contributed by atoms with Crippen molar-refractivity contribution in [2.45, 2.75) is 42.9 Å². The van der Waals surface area contributed by atoms with Crippen LogP contribution in [-0.4, -0.2) is 0 Å². The van der Waals surface area contributed by atoms with Crippen LogP contribution < -0.4 is 9.80 Å². The lowest BCUT2D eigenvalue weighted by Crippen LogP contribution is -2.30. The van der Waals surface area contributed by atoms with E-state index in [4.69, 9.17) is 2.74 Å². The number of benzene rings is 14. The van der Waals surface area contributed by atoms with Gasteiger partial charge in [-0.25, -0.2) is 0 Å². The Morgan fingerprint density at radius 3 is 1.06 bits per heavy atom. The maximum Gasteiger partial charge on any atom is 0.0626 e. The first-order valence-electron chi connectivity index (χ1n) is 36.8. The average Bonchev–Trinajstić information content (AvgIpc) is 1.54. The molecule has 14 aromatic carbocycles. The van der Waals surface area contributed by atoms with Crippen molar-refractivity contribution >= 4 is 67.8 Å². The van der Waals surface area contributed by atoms with Gasteiger partial charge >= 0.3 is 0 Å². The Balaban J connectivity index is 0.849. The largest absolute Gasteiger partial charge is 0.310 e. The van der Waals surface area contributed by atoms with E-state index in [-0.39, 0.29) is 59.5 Å². The van der Waals surface area contributed by atoms with E-state index in [0.29, 0.717) is 12.8 Å². The van der Waals surface area contributed by atoms with Crippen molar-refractivity contribution in [2.24, 2.45) is 0 Å². The van der Waals surface area contributed by atoms with Crippen LogP contribution in [0.3, 0.4) is 0 Å². The van der Waals surface area contributed by atoms with Crippen molar-refractivity contribution in [1.29, 1.82) is 0 Å². The first kappa shape index (κ1) is 45.9. The predicted molar refractivity (Wildman–Crippen MR) is 392 cm³/mol. The summed E-state index contributed by atoms with van der Waals surface area (Å²) in [4.78, 5) is 4.63. The highest BCUT2D eigenvalue weighted by molar-refractivity contribution is 6.02. The van der Waals surface area contributed by atoms with Gasteiger partial charge in [-0.1, -0.05) is 294 Å². The van der Waals surface area contributed by atoms with Crippen molar-refractivity contribution < 1.29 is 13.7 Å². The SMILES string of the molecule is [2H]c1c([2H])c([2H])c(C2(Cc3ccc(C=C)cc3)c3ccccc3-c3ccc(N(c4ccc5c(c4)C(C)(C)c4cc(N(c6ccc7c(c6)C(Cc6ccc(C=C)cc6)(c6c([2H])c([2H])c([2H])c([2H])c6[2H])c6ccccc6-7)c6cccc7ccccc67)ccc4-5)c4cccc5ccccc45)cc32)c([2H])c1[2H]. The summed E-state index contributed by atoms with van der Waals surface area (Å²) >= 11 is 0. The molecule has 0 fully saturated rings. The highest BCUT2D eigenvalue weighted by Crippen LogP contribution is 2.59. The first-order chi connectivity index (χ1) is 49.9. The fourth-order valence-electron chi connectivity index (χ4n) is 15.8. The standard InChI is InChI=1S/C91H68N2/c1-5-61-39-43-63(44-40-61)59-90(67-27-9-7-10-28-67)81-35-19-17-33-75(81)79-53-49-71(57-85(79)90)92(87-37-21-25-65-23-13-15-31-73(65)87)69-47-51-77-78-52-48-70(56-84(78)89(3,4)83(77)55-69)93(88-38-22-26-66-24-14-16-32-74(66)88)72-50-54-80-76-34-18-20-36-82(76)91(86(80)58-72,68-29-11-8-12-30-68)60-64-45-41-62(6-2)42-46-64/h5-58H,1-2,59-60H2,3-4H3/i7D,8D,9D,10D,11D,12D,27D,28D,29D,30D. The molecular weight excluding hydrogens is 1120 g/mol. The second-order valence-corrected chi connectivity index (χ2v) is 25.4. The van der Waals surface area contributed by atoms with Gasteiger partial charge in [-0.2, -0.15) is 0 Å². The first-order valence-corrected chi connectivity index (χ1v) is 31.8. The fraction of sp³-hybridized carbons (Fsp3) is 0.0769. The molecule has 2 unspecified atom stereocenters. The van der Waals surface area contributed by atoms with Crippen LogP contribution in [0.5, 0.6) is 0 Å². The van der Waals surface area contributed by atoms with Gasteiger partial charge in [0.25, 0.3) is 0 Å². The van der Waals surface area contributed by atoms with Crippen LogP contribution in [0.15, 0.2) is 328 Å². The monoisotopic (exact) mass is 1200 g/mol. The van der Waals surface area contributed by atoms with Gasteiger partial charge in [-0.15, -0.1) is 0 Å². The lowest BCUT2D eigenvalue weighted by atomic mass is 9.68. The van der Waals surface area contributed by atoms with Crippen molar-refractivity contribution in [3.05, 3.63) is 395 Å². The highest BCUT2D eigenvalue weighted by Gasteiger charge is 2.47. The minimum atomic E-state index is -1.26. The van der Waals surface area contributed by atoms with Crippen LogP contribution in [0, 0.1) is 0 Å². The molecule has 14 aromatic rings. The summed E-state index contributed by atoms with van der Waals surface area (Å²) in [6.07, 6.45) is 4.18. The number of fused-ring (bicyclic) bond motifs is 11. The van der Waals surface area contributed by atoms with Gasteiger partial charge in [-0.05, 0) is 184 Å². The molecule has 2 nitrogen and oxygen atoms in total. The Bertz CT molecular complexity index is 5510. The minimum absolute atomic E-state index is 0.218. The molecule has 3 aliphatic rings. The zero-order valence-corrected chi connectivity index (χ0v) is 51.6. The van der Waals surface area contributed by atoms with Crippen LogP contribution in [0.2, 0.25) is 0 Å². The van der Waals surface area contributed by atoms with E-state index in [9.17, 15) is 11.0 Å². The molecule has 0 N–H and O–H groups in total. The van der Waals surface area contributed by atoms with E-state index in [0.717, 1.165) is 145 Å². The van der Waals surface area contributed by atoms with E-state index in [2.05, 4.69) is 243 Å². The molecule has 2 heteroatoms. The minimum Gasteiger partial charge on any atom is -0.310 e. The fourth-order valence-corrected chi connectivity index (χ4v) is 15.8. The molecule has 0 bridgehead atoms. The van der Waals surface area contributed by atoms with Gasteiger partial charge in [-0.3, -0.25) is 0 Å². The normalized spacial score (nSPS) is 17.5. The summed E-state index contributed by atoms with van der Waals surface area (Å²) in [5.74, 6) is 0. The second-order valence-electron chi connectivity index (χ2n) is 25.4. The van der Waals surface area contributed by atoms with Gasteiger partial charge in [0.15, 0.2) is 0 Å². The van der Waals surface area contributed by atoms with E-state index < -0.39 is 28.3 Å². The van der Waals surface area contributed by atoms with Gasteiger partial charge in [0, 0.05) is 38.9 Å². The van der Waals surface area contributed by atoms with Crippen molar-refractivity contribution in [2.75, 3.05) is 9.80 Å². The lowest BCUT2D eigenvalue weighted by Gasteiger charge is -2.35. The molecule has 442 valence electrons. The molecule has 17 rings (SSSR count). The Morgan fingerprint density at radius 1 is 0.333 bits per heavy atom. The molecular formula is C91H68N2. The molecule has 0 amide bonds. The van der Waals surface area contributed by atoms with Crippen LogP contribution >= 0.6 is 0 Å². The van der Waals surface area contributed by atoms with E-state index in [1.54, 1.807) is 12.2 Å². The Kier molecular flexibility index (Phi) is 10.8. The van der Waals surface area contributed by atoms with Gasteiger partial charge in [0.2, 0.25) is 0 Å². The number of hydrogen-bond acceptors (Lipinski definition) is 2. The summed E-state index contributed by atoms with van der Waals surface area (Å²) in [6.45, 7) is 12.6. The summed E-state index contributed by atoms with van der Waals surface area (Å²) in [7, 11) is 0. The van der Waals surface area contributed by atoms with E-state index in [1.807, 2.05) is 48.5 Å². The van der Waals surface area contributed by atoms with Crippen LogP contribution in [0.4, 0.5) is 34.1 Å².